The number of fused-ring (bicyclic) bond motifs is 1. The Morgan fingerprint density at radius 1 is 1.21 bits per heavy atom. The summed E-state index contributed by atoms with van der Waals surface area (Å²) in [6.45, 7) is 5.33. The Balaban J connectivity index is 1.40. The summed E-state index contributed by atoms with van der Waals surface area (Å²) in [6, 6.07) is 11.8. The average molecular weight is 455 g/mol. The zero-order valence-corrected chi connectivity index (χ0v) is 19.2. The van der Waals surface area contributed by atoms with Gasteiger partial charge in [-0.2, -0.15) is 10.4 Å². The molecule has 34 heavy (non-hydrogen) atoms. The molecule has 0 aliphatic carbocycles. The minimum absolute atomic E-state index is 0.251. The lowest BCUT2D eigenvalue weighted by atomic mass is 10.1. The maximum Gasteiger partial charge on any atom is 0.271 e. The molecule has 0 unspecified atom stereocenters. The number of hydrogen-bond donors (Lipinski definition) is 3. The number of nitrogens with one attached hydrogen (secondary N) is 3. The summed E-state index contributed by atoms with van der Waals surface area (Å²) in [5, 5.41) is 20.8. The Kier molecular flexibility index (Phi) is 5.59. The summed E-state index contributed by atoms with van der Waals surface area (Å²) in [6.07, 6.45) is 7.88. The van der Waals surface area contributed by atoms with Gasteiger partial charge in [0.15, 0.2) is 0 Å². The molecule has 1 saturated heterocycles. The van der Waals surface area contributed by atoms with Crippen LogP contribution in [-0.4, -0.2) is 49.3 Å². The molecule has 0 aromatic carbocycles. The first-order chi connectivity index (χ1) is 16.4. The van der Waals surface area contributed by atoms with Gasteiger partial charge in [0.1, 0.15) is 16.9 Å². The molecule has 0 saturated carbocycles. The molecule has 5 heterocycles. The highest BCUT2D eigenvalue weighted by molar-refractivity contribution is 5.94. The predicted octanol–water partition coefficient (Wildman–Crippen LogP) is 3.44. The molecule has 0 spiro atoms. The Labute approximate surface area is 197 Å². The van der Waals surface area contributed by atoms with Crippen LogP contribution < -0.4 is 10.6 Å². The lowest BCUT2D eigenvalue weighted by Crippen LogP contribution is -2.42. The van der Waals surface area contributed by atoms with Crippen LogP contribution in [0.5, 0.6) is 0 Å². The van der Waals surface area contributed by atoms with Crippen molar-refractivity contribution in [2.75, 3.05) is 13.1 Å². The van der Waals surface area contributed by atoms with Gasteiger partial charge in [-0.05, 0) is 64.0 Å². The number of nitriles is 1. The number of piperidine rings is 1. The normalized spacial score (nSPS) is 14.7. The van der Waals surface area contributed by atoms with Crippen molar-refractivity contribution in [1.82, 2.24) is 35.4 Å². The van der Waals surface area contributed by atoms with Gasteiger partial charge in [0, 0.05) is 28.9 Å². The van der Waals surface area contributed by atoms with Gasteiger partial charge in [-0.15, -0.1) is 0 Å². The molecular weight excluding hydrogens is 428 g/mol. The first-order valence-electron chi connectivity index (χ1n) is 11.4. The van der Waals surface area contributed by atoms with E-state index in [9.17, 15) is 10.1 Å². The van der Waals surface area contributed by atoms with Crippen molar-refractivity contribution in [3.63, 3.8) is 0 Å². The van der Waals surface area contributed by atoms with E-state index in [1.54, 1.807) is 32.2 Å². The van der Waals surface area contributed by atoms with Crippen LogP contribution >= 0.6 is 0 Å². The molecule has 1 aliphatic rings. The number of aromatic amines is 1. The van der Waals surface area contributed by atoms with Crippen LogP contribution in [0.25, 0.3) is 33.5 Å². The smallest absolute Gasteiger partial charge is 0.271 e. The van der Waals surface area contributed by atoms with Crippen molar-refractivity contribution in [2.45, 2.75) is 38.3 Å². The van der Waals surface area contributed by atoms with E-state index >= 15 is 0 Å². The Hall–Kier alpha value is -4.03. The second-order valence-electron chi connectivity index (χ2n) is 9.13. The SMILES string of the molecule is CC(C)(C#N)NC(=O)c1cccc(-c2cnc3[nH]c(-c4cnn(C5CCNCC5)c4)cc3c2)n1. The van der Waals surface area contributed by atoms with Crippen molar-refractivity contribution in [1.29, 1.82) is 5.26 Å². The zero-order chi connectivity index (χ0) is 23.7. The molecule has 0 bridgehead atoms. The lowest BCUT2D eigenvalue weighted by Gasteiger charge is -2.22. The molecule has 1 aliphatic heterocycles. The van der Waals surface area contributed by atoms with Crippen molar-refractivity contribution in [2.24, 2.45) is 0 Å². The van der Waals surface area contributed by atoms with Gasteiger partial charge in [-0.1, -0.05) is 6.07 Å². The summed E-state index contributed by atoms with van der Waals surface area (Å²) in [7, 11) is 0. The molecule has 5 rings (SSSR count). The van der Waals surface area contributed by atoms with Gasteiger partial charge in [0.2, 0.25) is 0 Å². The predicted molar refractivity (Wildman–Crippen MR) is 129 cm³/mol. The van der Waals surface area contributed by atoms with Crippen LogP contribution in [-0.2, 0) is 0 Å². The van der Waals surface area contributed by atoms with Crippen LogP contribution in [0.15, 0.2) is 48.9 Å². The highest BCUT2D eigenvalue weighted by atomic mass is 16.2. The van der Waals surface area contributed by atoms with Gasteiger partial charge in [0.05, 0.1) is 29.7 Å². The maximum atomic E-state index is 12.5. The fourth-order valence-corrected chi connectivity index (χ4v) is 4.16. The molecule has 9 nitrogen and oxygen atoms in total. The van der Waals surface area contributed by atoms with Crippen LogP contribution in [0, 0.1) is 11.3 Å². The van der Waals surface area contributed by atoms with E-state index in [4.69, 9.17) is 0 Å². The van der Waals surface area contributed by atoms with Gasteiger partial charge < -0.3 is 15.6 Å². The van der Waals surface area contributed by atoms with E-state index in [0.29, 0.717) is 11.7 Å². The standard InChI is InChI=1S/C25H26N8O/c1-25(2,15-26)32-24(34)21-5-3-4-20(30-21)17-10-16-11-22(31-23(16)28-12-17)18-13-29-33(14-18)19-6-8-27-9-7-19/h3-5,10-14,19,27H,6-9H2,1-2H3,(H,28,31)(H,32,34). The van der Waals surface area contributed by atoms with Gasteiger partial charge in [-0.3, -0.25) is 9.48 Å². The summed E-state index contributed by atoms with van der Waals surface area (Å²) < 4.78 is 2.06. The quantitative estimate of drug-likeness (QED) is 0.424. The van der Waals surface area contributed by atoms with Crippen LogP contribution in [0.4, 0.5) is 0 Å². The fraction of sp³-hybridized carbons (Fsp3) is 0.320. The molecular formula is C25H26N8O. The van der Waals surface area contributed by atoms with Crippen molar-refractivity contribution >= 4 is 16.9 Å². The van der Waals surface area contributed by atoms with E-state index in [-0.39, 0.29) is 5.69 Å². The summed E-state index contributed by atoms with van der Waals surface area (Å²) >= 11 is 0. The highest BCUT2D eigenvalue weighted by Crippen LogP contribution is 2.28. The van der Waals surface area contributed by atoms with E-state index in [1.807, 2.05) is 18.3 Å². The average Bonchev–Trinajstić information content (AvgIpc) is 3.51. The fourth-order valence-electron chi connectivity index (χ4n) is 4.16. The molecule has 0 radical (unpaired) electrons. The molecule has 1 fully saturated rings. The van der Waals surface area contributed by atoms with E-state index in [2.05, 4.69) is 53.7 Å². The largest absolute Gasteiger partial charge is 0.339 e. The molecule has 3 N–H and O–H groups in total. The van der Waals surface area contributed by atoms with E-state index in [1.165, 1.54) is 0 Å². The third kappa shape index (κ3) is 4.40. The first-order valence-corrected chi connectivity index (χ1v) is 11.4. The number of nitrogens with zero attached hydrogens (tertiary/aromatic N) is 5. The van der Waals surface area contributed by atoms with Crippen molar-refractivity contribution in [3.8, 4) is 28.6 Å². The van der Waals surface area contributed by atoms with Gasteiger partial charge in [-0.25, -0.2) is 9.97 Å². The summed E-state index contributed by atoms with van der Waals surface area (Å²) in [5.41, 5.74) is 3.47. The zero-order valence-electron chi connectivity index (χ0n) is 19.2. The number of carbonyl (C=O) groups is 1. The van der Waals surface area contributed by atoms with E-state index < -0.39 is 11.4 Å². The van der Waals surface area contributed by atoms with Crippen molar-refractivity contribution in [3.05, 3.63) is 54.6 Å². The highest BCUT2D eigenvalue weighted by Gasteiger charge is 2.21. The minimum Gasteiger partial charge on any atom is -0.339 e. The second-order valence-corrected chi connectivity index (χ2v) is 9.13. The Morgan fingerprint density at radius 3 is 2.82 bits per heavy atom. The van der Waals surface area contributed by atoms with Crippen LogP contribution in [0.2, 0.25) is 0 Å². The molecule has 0 atom stereocenters. The Bertz CT molecular complexity index is 1390. The Morgan fingerprint density at radius 2 is 2.03 bits per heavy atom. The third-order valence-electron chi connectivity index (χ3n) is 6.05. The number of carbonyl (C=O) groups excluding carboxylic acids is 1. The summed E-state index contributed by atoms with van der Waals surface area (Å²) in [5.74, 6) is -0.392. The molecule has 172 valence electrons. The molecule has 4 aromatic rings. The number of aromatic nitrogens is 5. The topological polar surface area (TPSA) is 124 Å². The molecule has 9 heteroatoms. The van der Waals surface area contributed by atoms with Gasteiger partial charge >= 0.3 is 0 Å². The summed E-state index contributed by atoms with van der Waals surface area (Å²) in [4.78, 5) is 25.0. The number of pyridine rings is 2. The second kappa shape index (κ2) is 8.72. The van der Waals surface area contributed by atoms with Crippen LogP contribution in [0.3, 0.4) is 0 Å². The van der Waals surface area contributed by atoms with Crippen LogP contribution in [0.1, 0.15) is 43.2 Å². The number of rotatable bonds is 5. The lowest BCUT2D eigenvalue weighted by molar-refractivity contribution is 0.0924. The third-order valence-corrected chi connectivity index (χ3v) is 6.05. The van der Waals surface area contributed by atoms with Crippen molar-refractivity contribution < 1.29 is 4.79 Å². The first kappa shape index (κ1) is 21.8. The van der Waals surface area contributed by atoms with E-state index in [0.717, 1.165) is 53.8 Å². The minimum atomic E-state index is -0.974. The molecule has 1 amide bonds. The number of hydrogen-bond acceptors (Lipinski definition) is 6. The van der Waals surface area contributed by atoms with Gasteiger partial charge in [0.25, 0.3) is 5.91 Å². The monoisotopic (exact) mass is 454 g/mol. The molecule has 4 aromatic heterocycles. The maximum absolute atomic E-state index is 12.5. The number of amides is 1. The number of H-pyrrole nitrogens is 1.